The highest BCUT2D eigenvalue weighted by Gasteiger charge is 2.02. The van der Waals surface area contributed by atoms with E-state index < -0.39 is 0 Å². The van der Waals surface area contributed by atoms with Crippen LogP contribution in [-0.2, 0) is 0 Å². The van der Waals surface area contributed by atoms with Gasteiger partial charge in [-0.05, 0) is 13.3 Å². The Morgan fingerprint density at radius 3 is 2.22 bits per heavy atom. The molecule has 0 radical (unpaired) electrons. The highest BCUT2D eigenvalue weighted by molar-refractivity contribution is 5.71. The van der Waals surface area contributed by atoms with E-state index in [1.807, 2.05) is 13.8 Å². The van der Waals surface area contributed by atoms with E-state index in [1.54, 1.807) is 4.90 Å². The molecule has 0 rings (SSSR count). The van der Waals surface area contributed by atoms with Gasteiger partial charge in [0.15, 0.2) is 0 Å². The molecule has 0 heterocycles. The molecule has 2 amide bonds. The zero-order valence-corrected chi connectivity index (χ0v) is 6.05. The largest absolute Gasteiger partial charge is 0.351 e. The molecule has 0 bridgehead atoms. The average Bonchev–Trinajstić information content (AvgIpc) is 1.82. The Hall–Kier alpha value is -0.730. The Morgan fingerprint density at radius 2 is 2.11 bits per heavy atom. The highest BCUT2D eigenvalue weighted by atomic mass is 16.2. The molecule has 0 aromatic heterocycles. The Balaban J connectivity index is 3.54. The van der Waals surface area contributed by atoms with Crippen LogP contribution in [0.1, 0.15) is 20.3 Å². The van der Waals surface area contributed by atoms with Gasteiger partial charge in [0.2, 0.25) is 0 Å². The molecule has 0 aromatic rings. The lowest BCUT2D eigenvalue weighted by Gasteiger charge is -2.15. The third kappa shape index (κ3) is 2.95. The summed E-state index contributed by atoms with van der Waals surface area (Å²) in [6.07, 6.45) is 0.969. The monoisotopic (exact) mass is 130 g/mol. The van der Waals surface area contributed by atoms with Crippen molar-refractivity contribution in [2.75, 3.05) is 13.1 Å². The fourth-order valence-electron chi connectivity index (χ4n) is 0.694. The van der Waals surface area contributed by atoms with Crippen LogP contribution in [0.2, 0.25) is 0 Å². The smallest absolute Gasteiger partial charge is 0.314 e. The lowest BCUT2D eigenvalue weighted by molar-refractivity contribution is 0.210. The third-order valence-electron chi connectivity index (χ3n) is 1.19. The van der Waals surface area contributed by atoms with Crippen LogP contribution >= 0.6 is 0 Å². The summed E-state index contributed by atoms with van der Waals surface area (Å²) in [5.74, 6) is 0. The zero-order valence-electron chi connectivity index (χ0n) is 6.05. The molecule has 0 aliphatic heterocycles. The summed E-state index contributed by atoms with van der Waals surface area (Å²) in [6, 6.07) is -0.320. The van der Waals surface area contributed by atoms with Gasteiger partial charge in [-0.3, -0.25) is 0 Å². The third-order valence-corrected chi connectivity index (χ3v) is 1.19. The summed E-state index contributed by atoms with van der Waals surface area (Å²) < 4.78 is 0. The SMILES string of the molecule is CCCN(CC)C(N)=O. The predicted molar refractivity (Wildman–Crippen MR) is 37.1 cm³/mol. The number of hydrogen-bond acceptors (Lipinski definition) is 1. The molecule has 0 aliphatic rings. The van der Waals surface area contributed by atoms with Gasteiger partial charge in [0.05, 0.1) is 0 Å². The van der Waals surface area contributed by atoms with Crippen LogP contribution < -0.4 is 5.73 Å². The van der Waals surface area contributed by atoms with Gasteiger partial charge in [0, 0.05) is 13.1 Å². The number of nitrogens with two attached hydrogens (primary N) is 1. The van der Waals surface area contributed by atoms with Crippen molar-refractivity contribution in [1.82, 2.24) is 4.90 Å². The minimum atomic E-state index is -0.320. The molecule has 3 nitrogen and oxygen atoms in total. The molecule has 0 fully saturated rings. The van der Waals surface area contributed by atoms with E-state index in [4.69, 9.17) is 5.73 Å². The van der Waals surface area contributed by atoms with E-state index >= 15 is 0 Å². The maximum Gasteiger partial charge on any atom is 0.314 e. The summed E-state index contributed by atoms with van der Waals surface area (Å²) in [5, 5.41) is 0. The van der Waals surface area contributed by atoms with Crippen molar-refractivity contribution in [3.05, 3.63) is 0 Å². The quantitative estimate of drug-likeness (QED) is 0.603. The number of hydrogen-bond donors (Lipinski definition) is 1. The van der Waals surface area contributed by atoms with Gasteiger partial charge in [-0.2, -0.15) is 0 Å². The lowest BCUT2D eigenvalue weighted by Crippen LogP contribution is -2.35. The van der Waals surface area contributed by atoms with Gasteiger partial charge in [-0.25, -0.2) is 4.79 Å². The van der Waals surface area contributed by atoms with Crippen LogP contribution in [-0.4, -0.2) is 24.0 Å². The van der Waals surface area contributed by atoms with Gasteiger partial charge >= 0.3 is 6.03 Å². The Kier molecular flexibility index (Phi) is 3.84. The van der Waals surface area contributed by atoms with Crippen molar-refractivity contribution in [2.24, 2.45) is 5.73 Å². The second kappa shape index (κ2) is 4.18. The van der Waals surface area contributed by atoms with Gasteiger partial charge in [0.25, 0.3) is 0 Å². The van der Waals surface area contributed by atoms with Gasteiger partial charge in [-0.15, -0.1) is 0 Å². The van der Waals surface area contributed by atoms with E-state index in [0.29, 0.717) is 6.54 Å². The molecular weight excluding hydrogens is 116 g/mol. The summed E-state index contributed by atoms with van der Waals surface area (Å²) in [5.41, 5.74) is 5.02. The van der Waals surface area contributed by atoms with Crippen LogP contribution in [0.4, 0.5) is 4.79 Å². The molecule has 0 aliphatic carbocycles. The molecule has 9 heavy (non-hydrogen) atoms. The van der Waals surface area contributed by atoms with E-state index in [0.717, 1.165) is 13.0 Å². The molecule has 0 atom stereocenters. The number of nitrogens with zero attached hydrogens (tertiary/aromatic N) is 1. The van der Waals surface area contributed by atoms with Crippen molar-refractivity contribution in [3.63, 3.8) is 0 Å². The van der Waals surface area contributed by atoms with E-state index in [9.17, 15) is 4.79 Å². The molecule has 2 N–H and O–H groups in total. The van der Waals surface area contributed by atoms with Crippen LogP contribution in [0.25, 0.3) is 0 Å². The summed E-state index contributed by atoms with van der Waals surface area (Å²) in [7, 11) is 0. The Bertz CT molecular complexity index is 93.1. The molecule has 0 spiro atoms. The number of carbonyl (C=O) groups is 1. The van der Waals surface area contributed by atoms with Crippen molar-refractivity contribution in [2.45, 2.75) is 20.3 Å². The van der Waals surface area contributed by atoms with Crippen molar-refractivity contribution in [1.29, 1.82) is 0 Å². The molecule has 0 saturated heterocycles. The standard InChI is InChI=1S/C6H14N2O/c1-3-5-8(4-2)6(7)9/h3-5H2,1-2H3,(H2,7,9). The first kappa shape index (κ1) is 8.27. The lowest BCUT2D eigenvalue weighted by atomic mass is 10.4. The van der Waals surface area contributed by atoms with Gasteiger partial charge < -0.3 is 10.6 Å². The number of carbonyl (C=O) groups excluding carboxylic acids is 1. The first-order valence-electron chi connectivity index (χ1n) is 3.26. The normalized spacial score (nSPS) is 9.11. The number of amides is 2. The number of primary amides is 1. The second-order valence-corrected chi connectivity index (χ2v) is 1.92. The molecule has 0 saturated carbocycles. The first-order valence-corrected chi connectivity index (χ1v) is 3.26. The van der Waals surface area contributed by atoms with Crippen LogP contribution in [0, 0.1) is 0 Å². The van der Waals surface area contributed by atoms with E-state index in [1.165, 1.54) is 0 Å². The fourth-order valence-corrected chi connectivity index (χ4v) is 0.694. The molecule has 0 unspecified atom stereocenters. The Labute approximate surface area is 55.8 Å². The summed E-state index contributed by atoms with van der Waals surface area (Å²) >= 11 is 0. The van der Waals surface area contributed by atoms with Crippen molar-refractivity contribution < 1.29 is 4.79 Å². The van der Waals surface area contributed by atoms with Crippen LogP contribution in [0.15, 0.2) is 0 Å². The summed E-state index contributed by atoms with van der Waals surface area (Å²) in [4.78, 5) is 12.1. The maximum absolute atomic E-state index is 10.5. The fraction of sp³-hybridized carbons (Fsp3) is 0.833. The van der Waals surface area contributed by atoms with Gasteiger partial charge in [0.1, 0.15) is 0 Å². The van der Waals surface area contributed by atoms with Crippen LogP contribution in [0.3, 0.4) is 0 Å². The molecule has 0 aromatic carbocycles. The minimum Gasteiger partial charge on any atom is -0.351 e. The van der Waals surface area contributed by atoms with Crippen molar-refractivity contribution in [3.8, 4) is 0 Å². The molecule has 3 heteroatoms. The maximum atomic E-state index is 10.5. The highest BCUT2D eigenvalue weighted by Crippen LogP contribution is 1.88. The molecule has 54 valence electrons. The Morgan fingerprint density at radius 1 is 1.56 bits per heavy atom. The second-order valence-electron chi connectivity index (χ2n) is 1.92. The minimum absolute atomic E-state index is 0.320. The molecular formula is C6H14N2O. The average molecular weight is 130 g/mol. The topological polar surface area (TPSA) is 46.3 Å². The van der Waals surface area contributed by atoms with E-state index in [-0.39, 0.29) is 6.03 Å². The van der Waals surface area contributed by atoms with E-state index in [2.05, 4.69) is 0 Å². The predicted octanol–water partition coefficient (Wildman–Crippen LogP) is 0.797. The van der Waals surface area contributed by atoms with Crippen molar-refractivity contribution >= 4 is 6.03 Å². The zero-order chi connectivity index (χ0) is 7.28. The van der Waals surface area contributed by atoms with Gasteiger partial charge in [-0.1, -0.05) is 6.92 Å². The number of urea groups is 1. The number of rotatable bonds is 3. The summed E-state index contributed by atoms with van der Waals surface area (Å²) in [6.45, 7) is 5.42. The first-order chi connectivity index (χ1) is 4.22. The van der Waals surface area contributed by atoms with Crippen LogP contribution in [0.5, 0.6) is 0 Å².